The molecule has 1 atom stereocenters. The summed E-state index contributed by atoms with van der Waals surface area (Å²) in [6.45, 7) is 9.07. The molecule has 3 aromatic rings. The first kappa shape index (κ1) is 16.9. The van der Waals surface area contributed by atoms with Crippen LogP contribution in [0, 0.1) is 13.8 Å². The standard InChI is InChI=1S/C21H26N4O/c1-5-24-19-9-7-6-8-18(19)23-20(24)14(3)22-21(26)17-12-13(2)25(15(17)4)16-10-11-16/h6-9,12,14,16H,5,10-11H2,1-4H3,(H,22,26). The van der Waals surface area contributed by atoms with Crippen LogP contribution in [0.25, 0.3) is 11.0 Å². The molecule has 1 saturated carbocycles. The van der Waals surface area contributed by atoms with Gasteiger partial charge in [0.15, 0.2) is 0 Å². The predicted octanol–water partition coefficient (Wildman–Crippen LogP) is 4.30. The van der Waals surface area contributed by atoms with Crippen LogP contribution in [0.5, 0.6) is 0 Å². The Hall–Kier alpha value is -2.56. The van der Waals surface area contributed by atoms with Crippen LogP contribution in [0.1, 0.15) is 66.3 Å². The van der Waals surface area contributed by atoms with E-state index in [1.165, 1.54) is 18.5 Å². The number of imidazole rings is 1. The summed E-state index contributed by atoms with van der Waals surface area (Å²) < 4.78 is 4.48. The van der Waals surface area contributed by atoms with E-state index in [0.29, 0.717) is 6.04 Å². The Kier molecular flexibility index (Phi) is 4.10. The van der Waals surface area contributed by atoms with Gasteiger partial charge in [0.05, 0.1) is 22.6 Å². The molecule has 1 N–H and O–H groups in total. The Morgan fingerprint density at radius 1 is 1.31 bits per heavy atom. The summed E-state index contributed by atoms with van der Waals surface area (Å²) in [4.78, 5) is 17.7. The number of nitrogens with one attached hydrogen (secondary N) is 1. The Labute approximate surface area is 154 Å². The minimum Gasteiger partial charge on any atom is -0.345 e. The summed E-state index contributed by atoms with van der Waals surface area (Å²) in [6.07, 6.45) is 2.43. The molecule has 0 bridgehead atoms. The lowest BCUT2D eigenvalue weighted by atomic mass is 10.2. The van der Waals surface area contributed by atoms with Gasteiger partial charge in [-0.1, -0.05) is 12.1 Å². The van der Waals surface area contributed by atoms with Crippen LogP contribution < -0.4 is 5.32 Å². The van der Waals surface area contributed by atoms with Crippen molar-refractivity contribution in [2.45, 2.75) is 59.2 Å². The number of carbonyl (C=O) groups excluding carboxylic acids is 1. The average molecular weight is 350 g/mol. The Morgan fingerprint density at radius 2 is 2.04 bits per heavy atom. The van der Waals surface area contributed by atoms with Crippen molar-refractivity contribution >= 4 is 16.9 Å². The van der Waals surface area contributed by atoms with Crippen LogP contribution in [-0.4, -0.2) is 20.0 Å². The van der Waals surface area contributed by atoms with E-state index in [0.717, 1.165) is 34.7 Å². The minimum absolute atomic E-state index is 0.0211. The van der Waals surface area contributed by atoms with Gasteiger partial charge >= 0.3 is 0 Å². The summed E-state index contributed by atoms with van der Waals surface area (Å²) in [5, 5.41) is 3.15. The molecular weight excluding hydrogens is 324 g/mol. The van der Waals surface area contributed by atoms with Gasteiger partial charge in [0.2, 0.25) is 0 Å². The fourth-order valence-electron chi connectivity index (χ4n) is 4.00. The van der Waals surface area contributed by atoms with Gasteiger partial charge in [0, 0.05) is 24.0 Å². The molecule has 0 saturated heterocycles. The Balaban J connectivity index is 1.61. The summed E-state index contributed by atoms with van der Waals surface area (Å²) in [5.74, 6) is 0.880. The van der Waals surface area contributed by atoms with Crippen molar-refractivity contribution < 1.29 is 4.79 Å². The lowest BCUT2D eigenvalue weighted by Crippen LogP contribution is -2.29. The van der Waals surface area contributed by atoms with E-state index in [1.54, 1.807) is 0 Å². The van der Waals surface area contributed by atoms with Crippen LogP contribution in [0.15, 0.2) is 30.3 Å². The first-order valence-electron chi connectivity index (χ1n) is 9.45. The van der Waals surface area contributed by atoms with Crippen LogP contribution in [0.2, 0.25) is 0 Å². The molecule has 5 nitrogen and oxygen atoms in total. The second kappa shape index (κ2) is 6.31. The fourth-order valence-corrected chi connectivity index (χ4v) is 4.00. The van der Waals surface area contributed by atoms with Gasteiger partial charge in [0.25, 0.3) is 5.91 Å². The average Bonchev–Trinajstić information content (AvgIpc) is 3.30. The molecule has 0 aliphatic heterocycles. The van der Waals surface area contributed by atoms with Crippen LogP contribution in [0.4, 0.5) is 0 Å². The maximum Gasteiger partial charge on any atom is 0.253 e. The molecule has 0 spiro atoms. The fraction of sp³-hybridized carbons (Fsp3) is 0.429. The summed E-state index contributed by atoms with van der Waals surface area (Å²) in [7, 11) is 0. The highest BCUT2D eigenvalue weighted by Crippen LogP contribution is 2.38. The second-order valence-corrected chi connectivity index (χ2v) is 7.28. The molecule has 5 heteroatoms. The van der Waals surface area contributed by atoms with E-state index in [9.17, 15) is 4.79 Å². The second-order valence-electron chi connectivity index (χ2n) is 7.28. The summed E-state index contributed by atoms with van der Waals surface area (Å²) >= 11 is 0. The molecule has 1 amide bonds. The molecule has 136 valence electrons. The number of rotatable bonds is 5. The molecule has 26 heavy (non-hydrogen) atoms. The third kappa shape index (κ3) is 2.71. The van der Waals surface area contributed by atoms with E-state index >= 15 is 0 Å². The molecule has 1 unspecified atom stereocenters. The van der Waals surface area contributed by atoms with E-state index in [4.69, 9.17) is 4.98 Å². The number of benzene rings is 1. The van der Waals surface area contributed by atoms with Crippen molar-refractivity contribution in [3.63, 3.8) is 0 Å². The van der Waals surface area contributed by atoms with E-state index in [-0.39, 0.29) is 11.9 Å². The van der Waals surface area contributed by atoms with Crippen LogP contribution >= 0.6 is 0 Å². The van der Waals surface area contributed by atoms with Crippen LogP contribution in [0.3, 0.4) is 0 Å². The van der Waals surface area contributed by atoms with Crippen LogP contribution in [-0.2, 0) is 6.54 Å². The quantitative estimate of drug-likeness (QED) is 0.746. The Morgan fingerprint density at radius 3 is 2.73 bits per heavy atom. The van der Waals surface area contributed by atoms with Gasteiger partial charge in [-0.3, -0.25) is 4.79 Å². The molecular formula is C21H26N4O. The van der Waals surface area contributed by atoms with Crippen molar-refractivity contribution in [2.75, 3.05) is 0 Å². The highest BCUT2D eigenvalue weighted by molar-refractivity contribution is 5.96. The van der Waals surface area contributed by atoms with Crippen molar-refractivity contribution in [3.05, 3.63) is 53.1 Å². The number of aromatic nitrogens is 3. The molecule has 4 rings (SSSR count). The van der Waals surface area contributed by atoms with Gasteiger partial charge in [-0.05, 0) is 58.7 Å². The molecule has 2 aromatic heterocycles. The Bertz CT molecular complexity index is 977. The number of fused-ring (bicyclic) bond motifs is 1. The number of aryl methyl sites for hydroxylation is 2. The van der Waals surface area contributed by atoms with E-state index < -0.39 is 0 Å². The number of para-hydroxylation sites is 2. The third-order valence-corrected chi connectivity index (χ3v) is 5.38. The van der Waals surface area contributed by atoms with Crippen molar-refractivity contribution in [3.8, 4) is 0 Å². The van der Waals surface area contributed by atoms with Crippen molar-refractivity contribution in [2.24, 2.45) is 0 Å². The number of hydrogen-bond acceptors (Lipinski definition) is 2. The number of hydrogen-bond donors (Lipinski definition) is 1. The summed E-state index contributed by atoms with van der Waals surface area (Å²) in [6, 6.07) is 10.6. The van der Waals surface area contributed by atoms with Gasteiger partial charge in [-0.25, -0.2) is 4.98 Å². The van der Waals surface area contributed by atoms with Crippen molar-refractivity contribution in [1.82, 2.24) is 19.4 Å². The molecule has 0 radical (unpaired) electrons. The first-order valence-corrected chi connectivity index (χ1v) is 9.45. The third-order valence-electron chi connectivity index (χ3n) is 5.38. The monoisotopic (exact) mass is 350 g/mol. The zero-order chi connectivity index (χ0) is 18.4. The molecule has 1 aliphatic carbocycles. The molecule has 1 aromatic carbocycles. The van der Waals surface area contributed by atoms with Gasteiger partial charge in [-0.15, -0.1) is 0 Å². The highest BCUT2D eigenvalue weighted by Gasteiger charge is 2.29. The zero-order valence-corrected chi connectivity index (χ0v) is 15.9. The molecule has 1 fully saturated rings. The number of amides is 1. The number of carbonyl (C=O) groups is 1. The number of nitrogens with zero attached hydrogens (tertiary/aromatic N) is 3. The predicted molar refractivity (Wildman–Crippen MR) is 103 cm³/mol. The van der Waals surface area contributed by atoms with Gasteiger partial charge in [-0.2, -0.15) is 0 Å². The normalized spacial score (nSPS) is 15.4. The topological polar surface area (TPSA) is 51.9 Å². The largest absolute Gasteiger partial charge is 0.345 e. The van der Waals surface area contributed by atoms with E-state index in [2.05, 4.69) is 34.4 Å². The smallest absolute Gasteiger partial charge is 0.253 e. The van der Waals surface area contributed by atoms with Crippen molar-refractivity contribution in [1.29, 1.82) is 0 Å². The lowest BCUT2D eigenvalue weighted by molar-refractivity contribution is 0.0937. The minimum atomic E-state index is -0.154. The molecule has 1 aliphatic rings. The maximum atomic E-state index is 12.9. The maximum absolute atomic E-state index is 12.9. The zero-order valence-electron chi connectivity index (χ0n) is 15.9. The van der Waals surface area contributed by atoms with E-state index in [1.807, 2.05) is 38.1 Å². The molecule has 2 heterocycles. The highest BCUT2D eigenvalue weighted by atomic mass is 16.1. The van der Waals surface area contributed by atoms with Gasteiger partial charge < -0.3 is 14.5 Å². The summed E-state index contributed by atoms with van der Waals surface area (Å²) in [5.41, 5.74) is 5.10. The van der Waals surface area contributed by atoms with Gasteiger partial charge in [0.1, 0.15) is 5.82 Å². The SMILES string of the molecule is CCn1c(C(C)NC(=O)c2cc(C)n(C3CC3)c2C)nc2ccccc21. The lowest BCUT2D eigenvalue weighted by Gasteiger charge is -2.15. The first-order chi connectivity index (χ1) is 12.5.